The number of carbonyl (C=O) groups excluding carboxylic acids is 1. The Bertz CT molecular complexity index is 865. The maximum Gasteiger partial charge on any atom is 0.243 e. The molecular weight excluding hydrogens is 346 g/mol. The summed E-state index contributed by atoms with van der Waals surface area (Å²) < 4.78 is 0. The van der Waals surface area contributed by atoms with Crippen LogP contribution in [0.1, 0.15) is 40.8 Å². The van der Waals surface area contributed by atoms with Crippen molar-refractivity contribution in [3.05, 3.63) is 70.6 Å². The molecule has 28 heavy (non-hydrogen) atoms. The first-order valence-corrected chi connectivity index (χ1v) is 10.2. The first-order chi connectivity index (χ1) is 13.5. The predicted octanol–water partition coefficient (Wildman–Crippen LogP) is 3.45. The van der Waals surface area contributed by atoms with Crippen LogP contribution in [0.3, 0.4) is 0 Å². The van der Waals surface area contributed by atoms with Gasteiger partial charge in [-0.1, -0.05) is 36.4 Å². The lowest BCUT2D eigenvalue weighted by molar-refractivity contribution is -0.138. The number of aromatic nitrogens is 1. The van der Waals surface area contributed by atoms with Gasteiger partial charge in [0, 0.05) is 37.8 Å². The first-order valence-electron chi connectivity index (χ1n) is 10.2. The van der Waals surface area contributed by atoms with Gasteiger partial charge in [0.1, 0.15) is 5.54 Å². The van der Waals surface area contributed by atoms with E-state index in [-0.39, 0.29) is 5.91 Å². The second-order valence-corrected chi connectivity index (χ2v) is 8.41. The molecular formula is C24H29N3O. The Kier molecular flexibility index (Phi) is 5.07. The smallest absolute Gasteiger partial charge is 0.243 e. The van der Waals surface area contributed by atoms with Crippen molar-refractivity contribution < 1.29 is 4.79 Å². The van der Waals surface area contributed by atoms with Crippen LogP contribution in [0.15, 0.2) is 42.6 Å². The SMILES string of the molecule is Cc1cccc(C)c1C=CC1CCN(C(=O)C2(N)Cc3cccnc3C2)CC1. The number of nitrogens with two attached hydrogens (primary N) is 1. The van der Waals surface area contributed by atoms with E-state index in [2.05, 4.69) is 49.2 Å². The number of piperidine rings is 1. The van der Waals surface area contributed by atoms with Crippen LogP contribution in [0.25, 0.3) is 6.08 Å². The molecule has 1 unspecified atom stereocenters. The van der Waals surface area contributed by atoms with Crippen LogP contribution >= 0.6 is 0 Å². The number of fused-ring (bicyclic) bond motifs is 1. The van der Waals surface area contributed by atoms with Gasteiger partial charge in [0.2, 0.25) is 5.91 Å². The van der Waals surface area contributed by atoms with E-state index < -0.39 is 5.54 Å². The van der Waals surface area contributed by atoms with Crippen molar-refractivity contribution in [2.75, 3.05) is 13.1 Å². The number of hydrogen-bond acceptors (Lipinski definition) is 3. The molecule has 1 aliphatic heterocycles. The molecule has 0 bridgehead atoms. The predicted molar refractivity (Wildman–Crippen MR) is 113 cm³/mol. The number of likely N-dealkylation sites (tertiary alicyclic amines) is 1. The molecule has 2 heterocycles. The van der Waals surface area contributed by atoms with Gasteiger partial charge < -0.3 is 10.6 Å². The van der Waals surface area contributed by atoms with Crippen LogP contribution in [0.2, 0.25) is 0 Å². The maximum absolute atomic E-state index is 13.1. The van der Waals surface area contributed by atoms with Crippen LogP contribution in [0.5, 0.6) is 0 Å². The van der Waals surface area contributed by atoms with Crippen LogP contribution in [-0.4, -0.2) is 34.4 Å². The van der Waals surface area contributed by atoms with E-state index in [4.69, 9.17) is 5.73 Å². The van der Waals surface area contributed by atoms with E-state index in [0.29, 0.717) is 18.8 Å². The third-order valence-corrected chi connectivity index (χ3v) is 6.30. The largest absolute Gasteiger partial charge is 0.341 e. The minimum atomic E-state index is -0.822. The number of benzene rings is 1. The second-order valence-electron chi connectivity index (χ2n) is 8.41. The molecule has 0 radical (unpaired) electrons. The summed E-state index contributed by atoms with van der Waals surface area (Å²) in [6, 6.07) is 10.4. The quantitative estimate of drug-likeness (QED) is 0.894. The van der Waals surface area contributed by atoms with Crippen molar-refractivity contribution in [2.45, 2.75) is 45.1 Å². The number of allylic oxidation sites excluding steroid dienone is 1. The maximum atomic E-state index is 13.1. The Hall–Kier alpha value is -2.46. The van der Waals surface area contributed by atoms with Crippen molar-refractivity contribution in [1.82, 2.24) is 9.88 Å². The van der Waals surface area contributed by atoms with Gasteiger partial charge in [-0.3, -0.25) is 9.78 Å². The average Bonchev–Trinajstić information content (AvgIpc) is 3.05. The van der Waals surface area contributed by atoms with Gasteiger partial charge in [-0.25, -0.2) is 0 Å². The third-order valence-electron chi connectivity index (χ3n) is 6.30. The summed E-state index contributed by atoms with van der Waals surface area (Å²) in [4.78, 5) is 19.5. The van der Waals surface area contributed by atoms with E-state index >= 15 is 0 Å². The van der Waals surface area contributed by atoms with Gasteiger partial charge >= 0.3 is 0 Å². The van der Waals surface area contributed by atoms with Crippen molar-refractivity contribution in [3.8, 4) is 0 Å². The molecule has 0 spiro atoms. The van der Waals surface area contributed by atoms with Crippen LogP contribution in [0, 0.1) is 19.8 Å². The van der Waals surface area contributed by atoms with Crippen molar-refractivity contribution in [3.63, 3.8) is 0 Å². The van der Waals surface area contributed by atoms with Crippen LogP contribution in [-0.2, 0) is 17.6 Å². The molecule has 1 aromatic heterocycles. The Morgan fingerprint density at radius 3 is 2.54 bits per heavy atom. The number of hydrogen-bond donors (Lipinski definition) is 1. The number of pyridine rings is 1. The summed E-state index contributed by atoms with van der Waals surface area (Å²) >= 11 is 0. The van der Waals surface area contributed by atoms with Gasteiger partial charge in [0.15, 0.2) is 0 Å². The number of amides is 1. The summed E-state index contributed by atoms with van der Waals surface area (Å²) in [5, 5.41) is 0. The summed E-state index contributed by atoms with van der Waals surface area (Å²) in [5.41, 5.74) is 11.7. The zero-order chi connectivity index (χ0) is 19.7. The molecule has 2 N–H and O–H groups in total. The lowest BCUT2D eigenvalue weighted by Gasteiger charge is -2.36. The second kappa shape index (κ2) is 7.51. The molecule has 146 valence electrons. The van der Waals surface area contributed by atoms with Crippen LogP contribution < -0.4 is 5.73 Å². The fourth-order valence-electron chi connectivity index (χ4n) is 4.58. The standard InChI is InChI=1S/C24H29N3O/c1-17-5-3-6-18(2)21(17)9-8-19-10-13-27(14-11-19)23(28)24(25)15-20-7-4-12-26-22(20)16-24/h3-9,12,19H,10-11,13-16,25H2,1-2H3. The van der Waals surface area contributed by atoms with Gasteiger partial charge in [-0.05, 0) is 60.9 Å². The van der Waals surface area contributed by atoms with E-state index in [9.17, 15) is 4.79 Å². The molecule has 1 amide bonds. The Balaban J connectivity index is 1.37. The molecule has 2 aromatic rings. The number of nitrogens with zero attached hydrogens (tertiary/aromatic N) is 2. The molecule has 1 atom stereocenters. The highest BCUT2D eigenvalue weighted by atomic mass is 16.2. The van der Waals surface area contributed by atoms with Crippen molar-refractivity contribution in [1.29, 1.82) is 0 Å². The monoisotopic (exact) mass is 375 g/mol. The van der Waals surface area contributed by atoms with E-state index in [0.717, 1.165) is 37.2 Å². The van der Waals surface area contributed by atoms with Gasteiger partial charge in [-0.2, -0.15) is 0 Å². The molecule has 1 saturated heterocycles. The summed E-state index contributed by atoms with van der Waals surface area (Å²) in [6.45, 7) is 5.87. The fraction of sp³-hybridized carbons (Fsp3) is 0.417. The highest BCUT2D eigenvalue weighted by Crippen LogP contribution is 2.30. The molecule has 1 aliphatic carbocycles. The van der Waals surface area contributed by atoms with Crippen LogP contribution in [0.4, 0.5) is 0 Å². The number of carbonyl (C=O) groups is 1. The Morgan fingerprint density at radius 1 is 1.14 bits per heavy atom. The summed E-state index contributed by atoms with van der Waals surface area (Å²) in [6.07, 6.45) is 9.50. The van der Waals surface area contributed by atoms with Gasteiger partial charge in [0.05, 0.1) is 0 Å². The lowest BCUT2D eigenvalue weighted by atomic mass is 9.91. The fourth-order valence-corrected chi connectivity index (χ4v) is 4.58. The Morgan fingerprint density at radius 2 is 1.86 bits per heavy atom. The molecule has 4 heteroatoms. The number of aryl methyl sites for hydroxylation is 2. The molecule has 4 rings (SSSR count). The highest BCUT2D eigenvalue weighted by Gasteiger charge is 2.43. The summed E-state index contributed by atoms with van der Waals surface area (Å²) in [5.74, 6) is 0.599. The molecule has 1 fully saturated rings. The Labute approximate surface area is 167 Å². The first kappa shape index (κ1) is 18.9. The van der Waals surface area contributed by atoms with E-state index in [1.807, 2.05) is 17.0 Å². The van der Waals surface area contributed by atoms with Gasteiger partial charge in [-0.15, -0.1) is 0 Å². The molecule has 1 aromatic carbocycles. The lowest BCUT2D eigenvalue weighted by Crippen LogP contribution is -2.57. The average molecular weight is 376 g/mol. The number of rotatable bonds is 3. The zero-order valence-electron chi connectivity index (χ0n) is 16.8. The van der Waals surface area contributed by atoms with Gasteiger partial charge in [0.25, 0.3) is 0 Å². The molecule has 0 saturated carbocycles. The van der Waals surface area contributed by atoms with Crippen molar-refractivity contribution >= 4 is 12.0 Å². The minimum absolute atomic E-state index is 0.0858. The van der Waals surface area contributed by atoms with Crippen molar-refractivity contribution in [2.24, 2.45) is 11.7 Å². The minimum Gasteiger partial charge on any atom is -0.341 e. The zero-order valence-corrected chi connectivity index (χ0v) is 16.8. The third kappa shape index (κ3) is 3.61. The van der Waals surface area contributed by atoms with E-state index in [1.54, 1.807) is 6.20 Å². The topological polar surface area (TPSA) is 59.2 Å². The molecule has 2 aliphatic rings. The summed E-state index contributed by atoms with van der Waals surface area (Å²) in [7, 11) is 0. The molecule has 4 nitrogen and oxygen atoms in total. The van der Waals surface area contributed by atoms with E-state index in [1.165, 1.54) is 16.7 Å². The normalized spacial score (nSPS) is 22.6. The highest BCUT2D eigenvalue weighted by molar-refractivity contribution is 5.88.